The fourth-order valence-corrected chi connectivity index (χ4v) is 2.60. The summed E-state index contributed by atoms with van der Waals surface area (Å²) in [6.07, 6.45) is 0.910. The zero-order valence-corrected chi connectivity index (χ0v) is 11.8. The van der Waals surface area contributed by atoms with Gasteiger partial charge in [-0.1, -0.05) is 18.2 Å². The van der Waals surface area contributed by atoms with Gasteiger partial charge in [-0.05, 0) is 38.9 Å². The van der Waals surface area contributed by atoms with E-state index in [0.717, 1.165) is 17.7 Å². The predicted molar refractivity (Wildman–Crippen MR) is 76.2 cm³/mol. The summed E-state index contributed by atoms with van der Waals surface area (Å²) in [4.78, 5) is 16.4. The molecule has 0 bridgehead atoms. The van der Waals surface area contributed by atoms with Crippen molar-refractivity contribution in [3.05, 3.63) is 29.8 Å². The Hall–Kier alpha value is -1.39. The van der Waals surface area contributed by atoms with Crippen LogP contribution in [0.5, 0.6) is 0 Å². The van der Waals surface area contributed by atoms with E-state index in [1.807, 2.05) is 48.0 Å². The average Bonchev–Trinajstić information content (AvgIpc) is 2.50. The minimum absolute atomic E-state index is 0.0105. The van der Waals surface area contributed by atoms with Gasteiger partial charge in [-0.25, -0.2) is 0 Å². The summed E-state index contributed by atoms with van der Waals surface area (Å²) in [5.74, 6) is -0.0105. The number of hydrogen-bond acceptors (Lipinski definition) is 3. The summed E-state index contributed by atoms with van der Waals surface area (Å²) in [5, 5.41) is 9.52. The standard InChI is InChI=1S/C15H22N2O2/c1-11-6-4-5-7-13(11)17-9-8-12(2)16(3)14(10-18)15(17)19/h4-7,12,14,18H,8-10H2,1-3H3. The van der Waals surface area contributed by atoms with Crippen LogP contribution in [0.4, 0.5) is 5.69 Å². The lowest BCUT2D eigenvalue weighted by molar-refractivity contribution is -0.124. The lowest BCUT2D eigenvalue weighted by Gasteiger charge is -2.29. The van der Waals surface area contributed by atoms with Gasteiger partial charge >= 0.3 is 0 Å². The van der Waals surface area contributed by atoms with E-state index in [0.29, 0.717) is 6.54 Å². The van der Waals surface area contributed by atoms with Gasteiger partial charge in [0.1, 0.15) is 6.04 Å². The molecule has 0 aliphatic carbocycles. The van der Waals surface area contributed by atoms with Crippen molar-refractivity contribution in [2.75, 3.05) is 25.1 Å². The third kappa shape index (κ3) is 2.65. The molecule has 4 heteroatoms. The molecule has 1 heterocycles. The molecule has 0 aromatic heterocycles. The van der Waals surface area contributed by atoms with Crippen LogP contribution in [0.1, 0.15) is 18.9 Å². The van der Waals surface area contributed by atoms with Crippen molar-refractivity contribution >= 4 is 11.6 Å². The molecule has 1 saturated heterocycles. The summed E-state index contributed by atoms with van der Waals surface area (Å²) >= 11 is 0. The molecule has 1 aliphatic rings. The summed E-state index contributed by atoms with van der Waals surface area (Å²) in [5.41, 5.74) is 2.04. The fraction of sp³-hybridized carbons (Fsp3) is 0.533. The number of amides is 1. The zero-order chi connectivity index (χ0) is 14.0. The molecular formula is C15H22N2O2. The maximum atomic E-state index is 12.6. The molecule has 1 aromatic carbocycles. The summed E-state index contributed by atoms with van der Waals surface area (Å²) < 4.78 is 0. The van der Waals surface area contributed by atoms with Crippen LogP contribution >= 0.6 is 0 Å². The summed E-state index contributed by atoms with van der Waals surface area (Å²) in [7, 11) is 1.91. The molecule has 2 unspecified atom stereocenters. The summed E-state index contributed by atoms with van der Waals surface area (Å²) in [6, 6.07) is 7.74. The fourth-order valence-electron chi connectivity index (χ4n) is 2.60. The highest BCUT2D eigenvalue weighted by molar-refractivity contribution is 5.98. The maximum absolute atomic E-state index is 12.6. The molecule has 2 rings (SSSR count). The molecule has 4 nitrogen and oxygen atoms in total. The van der Waals surface area contributed by atoms with Crippen molar-refractivity contribution < 1.29 is 9.90 Å². The number of hydrogen-bond donors (Lipinski definition) is 1. The van der Waals surface area contributed by atoms with Crippen LogP contribution in [0.15, 0.2) is 24.3 Å². The second-order valence-corrected chi connectivity index (χ2v) is 5.28. The Morgan fingerprint density at radius 2 is 2.05 bits per heavy atom. The van der Waals surface area contributed by atoms with Crippen molar-refractivity contribution in [2.24, 2.45) is 0 Å². The van der Waals surface area contributed by atoms with Crippen LogP contribution in [-0.2, 0) is 4.79 Å². The highest BCUT2D eigenvalue weighted by atomic mass is 16.3. The predicted octanol–water partition coefficient (Wildman–Crippen LogP) is 1.41. The molecule has 1 fully saturated rings. The van der Waals surface area contributed by atoms with Gasteiger partial charge in [0, 0.05) is 18.3 Å². The van der Waals surface area contributed by atoms with Gasteiger partial charge in [0.05, 0.1) is 6.61 Å². The largest absolute Gasteiger partial charge is 0.394 e. The van der Waals surface area contributed by atoms with E-state index in [2.05, 4.69) is 6.92 Å². The number of anilines is 1. The number of benzene rings is 1. The Balaban J connectivity index is 2.36. The average molecular weight is 262 g/mol. The maximum Gasteiger partial charge on any atom is 0.246 e. The van der Waals surface area contributed by atoms with E-state index >= 15 is 0 Å². The topological polar surface area (TPSA) is 43.8 Å². The third-order valence-electron chi connectivity index (χ3n) is 4.09. The molecule has 1 aliphatic heterocycles. The van der Waals surface area contributed by atoms with Gasteiger partial charge in [0.15, 0.2) is 0 Å². The minimum Gasteiger partial charge on any atom is -0.394 e. The van der Waals surface area contributed by atoms with Crippen molar-refractivity contribution in [1.82, 2.24) is 4.90 Å². The van der Waals surface area contributed by atoms with Crippen LogP contribution in [0.3, 0.4) is 0 Å². The first-order chi connectivity index (χ1) is 9.06. The van der Waals surface area contributed by atoms with Gasteiger partial charge in [0.2, 0.25) is 5.91 Å². The number of aryl methyl sites for hydroxylation is 1. The summed E-state index contributed by atoms with van der Waals surface area (Å²) in [6.45, 7) is 4.67. The van der Waals surface area contributed by atoms with E-state index in [1.54, 1.807) is 0 Å². The first kappa shape index (κ1) is 14.0. The molecule has 2 atom stereocenters. The second-order valence-electron chi connectivity index (χ2n) is 5.28. The van der Waals surface area contributed by atoms with Gasteiger partial charge in [-0.3, -0.25) is 9.69 Å². The highest BCUT2D eigenvalue weighted by Gasteiger charge is 2.34. The number of carbonyl (C=O) groups excluding carboxylic acids is 1. The molecular weight excluding hydrogens is 240 g/mol. The second kappa shape index (κ2) is 5.72. The Morgan fingerprint density at radius 3 is 2.68 bits per heavy atom. The monoisotopic (exact) mass is 262 g/mol. The number of aliphatic hydroxyl groups is 1. The molecule has 104 valence electrons. The lowest BCUT2D eigenvalue weighted by atomic mass is 10.1. The van der Waals surface area contributed by atoms with Gasteiger partial charge in [0.25, 0.3) is 0 Å². The highest BCUT2D eigenvalue weighted by Crippen LogP contribution is 2.24. The van der Waals surface area contributed by atoms with Gasteiger partial charge < -0.3 is 10.0 Å². The van der Waals surface area contributed by atoms with Gasteiger partial charge in [-0.2, -0.15) is 0 Å². The van der Waals surface area contributed by atoms with E-state index in [1.165, 1.54) is 0 Å². The minimum atomic E-state index is -0.447. The van der Waals surface area contributed by atoms with Crippen LogP contribution in [0.25, 0.3) is 0 Å². The van der Waals surface area contributed by atoms with E-state index in [4.69, 9.17) is 0 Å². The molecule has 1 N–H and O–H groups in total. The normalized spacial score (nSPS) is 25.5. The molecule has 0 spiro atoms. The smallest absolute Gasteiger partial charge is 0.246 e. The SMILES string of the molecule is Cc1ccccc1N1CCC(C)N(C)C(CO)C1=O. The van der Waals surface area contributed by atoms with E-state index in [-0.39, 0.29) is 18.6 Å². The van der Waals surface area contributed by atoms with E-state index in [9.17, 15) is 9.90 Å². The number of carbonyl (C=O) groups is 1. The molecule has 0 saturated carbocycles. The van der Waals surface area contributed by atoms with Crippen molar-refractivity contribution in [3.63, 3.8) is 0 Å². The number of rotatable bonds is 2. The molecule has 1 amide bonds. The van der Waals surface area contributed by atoms with Crippen molar-refractivity contribution in [1.29, 1.82) is 0 Å². The van der Waals surface area contributed by atoms with Crippen LogP contribution in [0.2, 0.25) is 0 Å². The van der Waals surface area contributed by atoms with Crippen LogP contribution in [0, 0.1) is 6.92 Å². The number of aliphatic hydroxyl groups excluding tert-OH is 1. The first-order valence-corrected chi connectivity index (χ1v) is 6.76. The van der Waals surface area contributed by atoms with E-state index < -0.39 is 6.04 Å². The lowest BCUT2D eigenvalue weighted by Crippen LogP contribution is -2.48. The Kier molecular flexibility index (Phi) is 4.22. The zero-order valence-electron chi connectivity index (χ0n) is 11.8. The third-order valence-corrected chi connectivity index (χ3v) is 4.09. The van der Waals surface area contributed by atoms with Crippen LogP contribution < -0.4 is 4.90 Å². The van der Waals surface area contributed by atoms with Crippen molar-refractivity contribution in [3.8, 4) is 0 Å². The number of likely N-dealkylation sites (N-methyl/N-ethyl adjacent to an activating group) is 1. The molecule has 19 heavy (non-hydrogen) atoms. The Labute approximate surface area is 114 Å². The molecule has 1 aromatic rings. The Morgan fingerprint density at radius 1 is 1.37 bits per heavy atom. The number of para-hydroxylation sites is 1. The van der Waals surface area contributed by atoms with Gasteiger partial charge in [-0.15, -0.1) is 0 Å². The molecule has 0 radical (unpaired) electrons. The van der Waals surface area contributed by atoms with Crippen molar-refractivity contribution in [2.45, 2.75) is 32.4 Å². The number of nitrogens with zero attached hydrogens (tertiary/aromatic N) is 2. The first-order valence-electron chi connectivity index (χ1n) is 6.76. The quantitative estimate of drug-likeness (QED) is 0.876. The van der Waals surface area contributed by atoms with Crippen LogP contribution in [-0.4, -0.2) is 48.2 Å². The Bertz CT molecular complexity index is 461.